The van der Waals surface area contributed by atoms with Crippen LogP contribution in [-0.2, 0) is 18.4 Å². The van der Waals surface area contributed by atoms with Crippen molar-refractivity contribution in [3.63, 3.8) is 0 Å². The molecular formula is C22H44O5Si2. The predicted molar refractivity (Wildman–Crippen MR) is 124 cm³/mol. The van der Waals surface area contributed by atoms with Crippen molar-refractivity contribution in [2.45, 2.75) is 122 Å². The first-order chi connectivity index (χ1) is 12.9. The topological polar surface area (TPSA) is 65.0 Å². The Morgan fingerprint density at radius 2 is 1.45 bits per heavy atom. The molecule has 0 unspecified atom stereocenters. The van der Waals surface area contributed by atoms with Gasteiger partial charge in [0.25, 0.3) is 0 Å². The minimum Gasteiger partial charge on any atom is -0.462 e. The van der Waals surface area contributed by atoms with Gasteiger partial charge < -0.3 is 18.7 Å². The summed E-state index contributed by atoms with van der Waals surface area (Å²) in [5.74, 6) is -0.299. The second-order valence-electron chi connectivity index (χ2n) is 11.5. The van der Waals surface area contributed by atoms with E-state index in [0.29, 0.717) is 6.42 Å². The van der Waals surface area contributed by atoms with Crippen LogP contribution in [0, 0.1) is 0 Å². The molecule has 0 aromatic carbocycles. The van der Waals surface area contributed by atoms with Gasteiger partial charge in [0.15, 0.2) is 16.6 Å². The zero-order valence-corrected chi connectivity index (χ0v) is 22.5. The average Bonchev–Trinajstić information content (AvgIpc) is 2.47. The summed E-state index contributed by atoms with van der Waals surface area (Å²) in [6.45, 7) is 23.7. The Balaban J connectivity index is 3.35. The van der Waals surface area contributed by atoms with Crippen LogP contribution < -0.4 is 0 Å². The van der Waals surface area contributed by atoms with Gasteiger partial charge in [0.05, 0.1) is 24.7 Å². The van der Waals surface area contributed by atoms with Crippen LogP contribution in [0.15, 0.2) is 12.2 Å². The number of hydrogen-bond donors (Lipinski definition) is 1. The lowest BCUT2D eigenvalue weighted by Gasteiger charge is -2.44. The number of aliphatic hydroxyl groups is 1. The number of hydrogen-bond acceptors (Lipinski definition) is 5. The average molecular weight is 445 g/mol. The van der Waals surface area contributed by atoms with E-state index < -0.39 is 34.9 Å². The van der Waals surface area contributed by atoms with Crippen molar-refractivity contribution < 1.29 is 23.5 Å². The van der Waals surface area contributed by atoms with Crippen LogP contribution in [-0.4, -0.2) is 52.1 Å². The summed E-state index contributed by atoms with van der Waals surface area (Å²) in [6, 6.07) is 0. The van der Waals surface area contributed by atoms with Gasteiger partial charge in [-0.3, -0.25) is 4.79 Å². The van der Waals surface area contributed by atoms with Gasteiger partial charge in [-0.25, -0.2) is 0 Å². The molecule has 0 spiro atoms. The predicted octanol–water partition coefficient (Wildman–Crippen LogP) is 5.41. The van der Waals surface area contributed by atoms with Crippen LogP contribution >= 0.6 is 0 Å². The zero-order valence-electron chi connectivity index (χ0n) is 20.5. The monoisotopic (exact) mass is 444 g/mol. The highest BCUT2D eigenvalue weighted by molar-refractivity contribution is 6.74. The number of ether oxygens (including phenoxy) is 1. The highest BCUT2D eigenvalue weighted by Gasteiger charge is 2.45. The third kappa shape index (κ3) is 7.62. The van der Waals surface area contributed by atoms with Gasteiger partial charge in [-0.2, -0.15) is 0 Å². The molecule has 29 heavy (non-hydrogen) atoms. The molecule has 0 aliphatic carbocycles. The Morgan fingerprint density at radius 1 is 0.966 bits per heavy atom. The molecule has 1 aliphatic rings. The van der Waals surface area contributed by atoms with E-state index in [1.807, 2.05) is 13.0 Å². The molecule has 0 fully saturated rings. The molecule has 0 saturated heterocycles. The van der Waals surface area contributed by atoms with Gasteiger partial charge in [-0.1, -0.05) is 53.7 Å². The normalized spacial score (nSPS) is 29.3. The fourth-order valence-electron chi connectivity index (χ4n) is 2.68. The fourth-order valence-corrected chi connectivity index (χ4v) is 5.27. The molecular weight excluding hydrogens is 400 g/mol. The van der Waals surface area contributed by atoms with E-state index in [1.54, 1.807) is 6.08 Å². The summed E-state index contributed by atoms with van der Waals surface area (Å²) in [7, 11) is -4.29. The first kappa shape index (κ1) is 26.6. The molecule has 5 nitrogen and oxygen atoms in total. The lowest BCUT2D eigenvalue weighted by molar-refractivity contribution is -0.152. The van der Waals surface area contributed by atoms with Crippen LogP contribution in [0.25, 0.3) is 0 Å². The molecule has 0 aromatic rings. The summed E-state index contributed by atoms with van der Waals surface area (Å²) in [6.07, 6.45) is 2.35. The van der Waals surface area contributed by atoms with Crippen molar-refractivity contribution in [2.75, 3.05) is 0 Å². The van der Waals surface area contributed by atoms with E-state index >= 15 is 0 Å². The maximum Gasteiger partial charge on any atom is 0.308 e. The van der Waals surface area contributed by atoms with Gasteiger partial charge in [-0.15, -0.1) is 0 Å². The van der Waals surface area contributed by atoms with Gasteiger partial charge in [0.2, 0.25) is 0 Å². The summed E-state index contributed by atoms with van der Waals surface area (Å²) in [5, 5.41) is 10.4. The number of aliphatic hydroxyl groups excluding tert-OH is 1. The second kappa shape index (κ2) is 9.34. The summed E-state index contributed by atoms with van der Waals surface area (Å²) < 4.78 is 18.9. The highest BCUT2D eigenvalue weighted by atomic mass is 28.4. The fraction of sp³-hybridized carbons (Fsp3) is 0.864. The van der Waals surface area contributed by atoms with E-state index in [1.165, 1.54) is 0 Å². The highest BCUT2D eigenvalue weighted by Crippen LogP contribution is 2.41. The Bertz CT molecular complexity index is 587. The SMILES string of the molecule is C[C@@H]1C[C@H](O)/C=C/[C@H](O[Si](C)(C)C(C)(C)C)[C@@H](O[Si](C)(C)C(C)(C)C)CC(=O)O1. The van der Waals surface area contributed by atoms with Gasteiger partial charge >= 0.3 is 5.97 Å². The van der Waals surface area contributed by atoms with Gasteiger partial charge in [-0.05, 0) is 43.2 Å². The molecule has 4 atom stereocenters. The first-order valence-corrected chi connectivity index (χ1v) is 16.6. The molecule has 0 saturated carbocycles. The second-order valence-corrected chi connectivity index (χ2v) is 21.0. The van der Waals surface area contributed by atoms with E-state index in [2.05, 4.69) is 67.7 Å². The quantitative estimate of drug-likeness (QED) is 0.357. The number of carbonyl (C=O) groups excluding carboxylic acids is 1. The van der Waals surface area contributed by atoms with Crippen molar-refractivity contribution >= 4 is 22.6 Å². The van der Waals surface area contributed by atoms with Crippen LogP contribution in [0.4, 0.5) is 0 Å². The number of rotatable bonds is 4. The summed E-state index contributed by atoms with van der Waals surface area (Å²) in [5.41, 5.74) is 0. The lowest BCUT2D eigenvalue weighted by Crippen LogP contribution is -2.52. The standard InChI is InChI=1S/C22H44O5Si2/c1-16-14-17(23)12-13-18(26-28(8,9)21(2,3)4)19(15-20(24)25-16)27-29(10,11)22(5,6)7/h12-13,16-19,23H,14-15H2,1-11H3/b13-12+/t16-,17-,18+,19+/m1/s1. The molecule has 1 rings (SSSR count). The third-order valence-electron chi connectivity index (χ3n) is 6.65. The molecule has 170 valence electrons. The minimum atomic E-state index is -2.16. The molecule has 1 aliphatic heterocycles. The van der Waals surface area contributed by atoms with Crippen LogP contribution in [0.3, 0.4) is 0 Å². The van der Waals surface area contributed by atoms with Gasteiger partial charge in [0, 0.05) is 6.42 Å². The van der Waals surface area contributed by atoms with E-state index in [9.17, 15) is 9.90 Å². The lowest BCUT2D eigenvalue weighted by atomic mass is 10.1. The van der Waals surface area contributed by atoms with E-state index in [0.717, 1.165) is 0 Å². The van der Waals surface area contributed by atoms with E-state index in [4.69, 9.17) is 13.6 Å². The molecule has 1 N–H and O–H groups in total. The molecule has 0 amide bonds. The van der Waals surface area contributed by atoms with Crippen molar-refractivity contribution in [1.82, 2.24) is 0 Å². The smallest absolute Gasteiger partial charge is 0.308 e. The van der Waals surface area contributed by atoms with Crippen LogP contribution in [0.5, 0.6) is 0 Å². The largest absolute Gasteiger partial charge is 0.462 e. The van der Waals surface area contributed by atoms with E-state index in [-0.39, 0.29) is 28.6 Å². The third-order valence-corrected chi connectivity index (χ3v) is 15.6. The molecule has 0 aromatic heterocycles. The zero-order chi connectivity index (χ0) is 22.8. The van der Waals surface area contributed by atoms with Crippen LogP contribution in [0.1, 0.15) is 61.3 Å². The van der Waals surface area contributed by atoms with Crippen molar-refractivity contribution in [3.8, 4) is 0 Å². The summed E-state index contributed by atoms with van der Waals surface area (Å²) >= 11 is 0. The number of cyclic esters (lactones) is 1. The number of esters is 1. The van der Waals surface area contributed by atoms with Crippen LogP contribution in [0.2, 0.25) is 36.3 Å². The van der Waals surface area contributed by atoms with Crippen molar-refractivity contribution in [2.24, 2.45) is 0 Å². The molecule has 0 bridgehead atoms. The van der Waals surface area contributed by atoms with Crippen molar-refractivity contribution in [1.29, 1.82) is 0 Å². The Hall–Kier alpha value is -0.476. The Morgan fingerprint density at radius 3 is 1.93 bits per heavy atom. The van der Waals surface area contributed by atoms with Gasteiger partial charge in [0.1, 0.15) is 6.10 Å². The van der Waals surface area contributed by atoms with Crippen molar-refractivity contribution in [3.05, 3.63) is 12.2 Å². The molecule has 7 heteroatoms. The molecule has 1 heterocycles. The molecule has 0 radical (unpaired) electrons. The summed E-state index contributed by atoms with van der Waals surface area (Å²) in [4.78, 5) is 12.6. The number of carbonyl (C=O) groups is 1. The Kier molecular flexibility index (Phi) is 8.56. The first-order valence-electron chi connectivity index (χ1n) is 10.8. The maximum absolute atomic E-state index is 12.6. The Labute approximate surface area is 180 Å². The maximum atomic E-state index is 12.6. The minimum absolute atomic E-state index is 0.00423.